The molecule has 0 spiro atoms. The number of amides is 1. The van der Waals surface area contributed by atoms with E-state index in [-0.39, 0.29) is 11.5 Å². The van der Waals surface area contributed by atoms with Gasteiger partial charge < -0.3 is 14.8 Å². The Morgan fingerprint density at radius 2 is 1.96 bits per heavy atom. The molecule has 0 unspecified atom stereocenters. The summed E-state index contributed by atoms with van der Waals surface area (Å²) in [5.74, 6) is 0.00245. The van der Waals surface area contributed by atoms with Crippen LogP contribution < -0.4 is 5.56 Å². The number of H-pyrrole nitrogens is 1. The lowest BCUT2D eigenvalue weighted by Gasteiger charge is -2.34. The molecule has 1 aliphatic heterocycles. The highest BCUT2D eigenvalue weighted by molar-refractivity contribution is 7.71. The Hall–Kier alpha value is -1.99. The number of aromatic amines is 1. The summed E-state index contributed by atoms with van der Waals surface area (Å²) in [5, 5.41) is 0.536. The van der Waals surface area contributed by atoms with Gasteiger partial charge in [-0.05, 0) is 37.0 Å². The molecule has 0 aliphatic carbocycles. The van der Waals surface area contributed by atoms with Gasteiger partial charge in [-0.1, -0.05) is 6.92 Å². The van der Waals surface area contributed by atoms with Crippen LogP contribution in [-0.4, -0.2) is 58.0 Å². The summed E-state index contributed by atoms with van der Waals surface area (Å²) in [4.78, 5) is 32.0. The molecule has 122 valence electrons. The highest BCUT2D eigenvalue weighted by Crippen LogP contribution is 2.14. The predicted octanol–water partition coefficient (Wildman–Crippen LogP) is 1.37. The van der Waals surface area contributed by atoms with E-state index in [2.05, 4.69) is 16.8 Å². The average molecular weight is 332 g/mol. The minimum Gasteiger partial charge on any atom is -0.336 e. The summed E-state index contributed by atoms with van der Waals surface area (Å²) in [6, 6.07) is 5.13. The SMILES string of the molecule is CCN1CCN(C(=O)c2ccc3c(=O)n(C)c(=S)[nH]c3c2)CC1. The van der Waals surface area contributed by atoms with Gasteiger partial charge in [-0.3, -0.25) is 14.2 Å². The number of fused-ring (bicyclic) bond motifs is 1. The maximum atomic E-state index is 12.7. The fourth-order valence-electron chi connectivity index (χ4n) is 2.89. The van der Waals surface area contributed by atoms with Crippen molar-refractivity contribution in [3.8, 4) is 0 Å². The van der Waals surface area contributed by atoms with Gasteiger partial charge in [0.05, 0.1) is 10.9 Å². The topological polar surface area (TPSA) is 61.3 Å². The van der Waals surface area contributed by atoms with Crippen LogP contribution >= 0.6 is 12.2 Å². The third kappa shape index (κ3) is 2.94. The first-order chi connectivity index (χ1) is 11.0. The van der Waals surface area contributed by atoms with Crippen molar-refractivity contribution in [3.05, 3.63) is 38.9 Å². The molecule has 3 rings (SSSR count). The van der Waals surface area contributed by atoms with E-state index in [0.29, 0.717) is 21.2 Å². The van der Waals surface area contributed by atoms with Crippen molar-refractivity contribution in [1.82, 2.24) is 19.4 Å². The fourth-order valence-corrected chi connectivity index (χ4v) is 3.08. The lowest BCUT2D eigenvalue weighted by atomic mass is 10.1. The lowest BCUT2D eigenvalue weighted by Crippen LogP contribution is -2.48. The van der Waals surface area contributed by atoms with Crippen molar-refractivity contribution in [2.24, 2.45) is 7.05 Å². The van der Waals surface area contributed by atoms with Crippen LogP contribution in [0.4, 0.5) is 0 Å². The number of nitrogens with one attached hydrogen (secondary N) is 1. The lowest BCUT2D eigenvalue weighted by molar-refractivity contribution is 0.0643. The molecule has 2 heterocycles. The van der Waals surface area contributed by atoms with Gasteiger partial charge in [0.1, 0.15) is 0 Å². The standard InChI is InChI=1S/C16H20N4O2S/c1-3-19-6-8-20(9-7-19)14(21)11-4-5-12-13(10-11)17-16(23)18(2)15(12)22/h4-5,10H,3,6-9H2,1-2H3,(H,17,23). The van der Waals surface area contributed by atoms with E-state index in [1.165, 1.54) is 4.57 Å². The van der Waals surface area contributed by atoms with Crippen LogP contribution in [0.3, 0.4) is 0 Å². The monoisotopic (exact) mass is 332 g/mol. The molecule has 23 heavy (non-hydrogen) atoms. The molecule has 1 amide bonds. The second-order valence-corrected chi connectivity index (χ2v) is 6.17. The first-order valence-corrected chi connectivity index (χ1v) is 8.16. The highest BCUT2D eigenvalue weighted by Gasteiger charge is 2.21. The molecule has 0 atom stereocenters. The van der Waals surface area contributed by atoms with Crippen LogP contribution in [0, 0.1) is 4.77 Å². The summed E-state index contributed by atoms with van der Waals surface area (Å²) < 4.78 is 1.74. The molecular formula is C16H20N4O2S. The minimum atomic E-state index is -0.153. The molecule has 0 saturated carbocycles. The first-order valence-electron chi connectivity index (χ1n) is 7.76. The maximum absolute atomic E-state index is 12.7. The molecule has 1 aromatic carbocycles. The van der Waals surface area contributed by atoms with E-state index in [1.807, 2.05) is 4.90 Å². The third-order valence-electron chi connectivity index (χ3n) is 4.45. The number of hydrogen-bond acceptors (Lipinski definition) is 4. The van der Waals surface area contributed by atoms with Gasteiger partial charge in [-0.2, -0.15) is 0 Å². The number of piperazine rings is 1. The van der Waals surface area contributed by atoms with Crippen LogP contribution in [0.15, 0.2) is 23.0 Å². The van der Waals surface area contributed by atoms with Gasteiger partial charge in [0.2, 0.25) is 0 Å². The van der Waals surface area contributed by atoms with Crippen LogP contribution in [0.25, 0.3) is 10.9 Å². The van der Waals surface area contributed by atoms with E-state index in [9.17, 15) is 9.59 Å². The molecule has 1 fully saturated rings. The van der Waals surface area contributed by atoms with Crippen molar-refractivity contribution in [2.75, 3.05) is 32.7 Å². The normalized spacial score (nSPS) is 16.0. The summed E-state index contributed by atoms with van der Waals surface area (Å²) in [6.07, 6.45) is 0. The molecule has 1 saturated heterocycles. The Kier molecular flexibility index (Phi) is 4.32. The Labute approximate surface area is 139 Å². The van der Waals surface area contributed by atoms with E-state index in [0.717, 1.165) is 32.7 Å². The van der Waals surface area contributed by atoms with E-state index < -0.39 is 0 Å². The van der Waals surface area contributed by atoms with Crippen molar-refractivity contribution in [2.45, 2.75) is 6.92 Å². The molecule has 1 aromatic heterocycles. The zero-order chi connectivity index (χ0) is 16.6. The second-order valence-electron chi connectivity index (χ2n) is 5.78. The number of benzene rings is 1. The Balaban J connectivity index is 1.92. The predicted molar refractivity (Wildman–Crippen MR) is 92.4 cm³/mol. The Bertz CT molecular complexity index is 862. The largest absolute Gasteiger partial charge is 0.336 e. The van der Waals surface area contributed by atoms with E-state index >= 15 is 0 Å². The molecular weight excluding hydrogens is 312 g/mol. The Morgan fingerprint density at radius 1 is 1.26 bits per heavy atom. The molecule has 1 aliphatic rings. The zero-order valence-electron chi connectivity index (χ0n) is 13.3. The summed E-state index contributed by atoms with van der Waals surface area (Å²) in [7, 11) is 1.63. The molecule has 0 bridgehead atoms. The quantitative estimate of drug-likeness (QED) is 0.844. The number of aromatic nitrogens is 2. The number of rotatable bonds is 2. The number of hydrogen-bond donors (Lipinski definition) is 1. The highest BCUT2D eigenvalue weighted by atomic mass is 32.1. The van der Waals surface area contributed by atoms with Gasteiger partial charge in [-0.25, -0.2) is 0 Å². The molecule has 6 nitrogen and oxygen atoms in total. The Morgan fingerprint density at radius 3 is 2.61 bits per heavy atom. The van der Waals surface area contributed by atoms with Crippen LogP contribution in [0.2, 0.25) is 0 Å². The number of carbonyl (C=O) groups is 1. The van der Waals surface area contributed by atoms with Crippen LogP contribution in [0.1, 0.15) is 17.3 Å². The van der Waals surface area contributed by atoms with Crippen molar-refractivity contribution < 1.29 is 4.79 Å². The molecule has 2 aromatic rings. The maximum Gasteiger partial charge on any atom is 0.261 e. The van der Waals surface area contributed by atoms with Gasteiger partial charge in [0, 0.05) is 38.8 Å². The third-order valence-corrected chi connectivity index (χ3v) is 4.83. The van der Waals surface area contributed by atoms with Crippen LogP contribution in [0.5, 0.6) is 0 Å². The number of nitrogens with zero attached hydrogens (tertiary/aromatic N) is 3. The molecule has 7 heteroatoms. The summed E-state index contributed by atoms with van der Waals surface area (Å²) in [6.45, 7) is 6.41. The number of likely N-dealkylation sites (N-methyl/N-ethyl adjacent to an activating group) is 1. The fraction of sp³-hybridized carbons (Fsp3) is 0.438. The average Bonchev–Trinajstić information content (AvgIpc) is 2.59. The smallest absolute Gasteiger partial charge is 0.261 e. The summed E-state index contributed by atoms with van der Waals surface area (Å²) >= 11 is 5.14. The van der Waals surface area contributed by atoms with Crippen molar-refractivity contribution in [1.29, 1.82) is 0 Å². The van der Waals surface area contributed by atoms with Gasteiger partial charge in [-0.15, -0.1) is 0 Å². The first kappa shape index (κ1) is 15.9. The van der Waals surface area contributed by atoms with E-state index in [4.69, 9.17) is 12.2 Å². The van der Waals surface area contributed by atoms with E-state index in [1.54, 1.807) is 25.2 Å². The van der Waals surface area contributed by atoms with Gasteiger partial charge in [0.15, 0.2) is 4.77 Å². The van der Waals surface area contributed by atoms with Gasteiger partial charge >= 0.3 is 0 Å². The minimum absolute atomic E-state index is 0.00245. The molecule has 0 radical (unpaired) electrons. The zero-order valence-corrected chi connectivity index (χ0v) is 14.2. The van der Waals surface area contributed by atoms with Crippen LogP contribution in [-0.2, 0) is 7.05 Å². The van der Waals surface area contributed by atoms with Crippen molar-refractivity contribution in [3.63, 3.8) is 0 Å². The second kappa shape index (κ2) is 6.25. The van der Waals surface area contributed by atoms with Crippen molar-refractivity contribution >= 4 is 29.0 Å². The van der Waals surface area contributed by atoms with Gasteiger partial charge in [0.25, 0.3) is 11.5 Å². The summed E-state index contributed by atoms with van der Waals surface area (Å²) in [5.41, 5.74) is 1.04. The number of carbonyl (C=O) groups excluding carboxylic acids is 1. The molecule has 1 N–H and O–H groups in total.